The molecule has 1 fully saturated rings. The van der Waals surface area contributed by atoms with E-state index in [0.717, 1.165) is 24.1 Å². The van der Waals surface area contributed by atoms with Crippen LogP contribution in [0.1, 0.15) is 38.7 Å². The zero-order chi connectivity index (χ0) is 13.7. The first-order valence-corrected chi connectivity index (χ1v) is 8.14. The van der Waals surface area contributed by atoms with Gasteiger partial charge in [-0.1, -0.05) is 55.9 Å². The maximum absolute atomic E-state index is 4.70. The van der Waals surface area contributed by atoms with Crippen LogP contribution in [0.3, 0.4) is 0 Å². The van der Waals surface area contributed by atoms with Crippen molar-refractivity contribution in [2.24, 2.45) is 10.9 Å². The van der Waals surface area contributed by atoms with Crippen LogP contribution in [0.15, 0.2) is 35.3 Å². The zero-order valence-electron chi connectivity index (χ0n) is 12.1. The highest BCUT2D eigenvalue weighted by Gasteiger charge is 2.20. The first kappa shape index (κ1) is 14.4. The van der Waals surface area contributed by atoms with E-state index in [1.54, 1.807) is 0 Å². The highest BCUT2D eigenvalue weighted by atomic mass is 32.2. The molecule has 3 unspecified atom stereocenters. The van der Waals surface area contributed by atoms with Gasteiger partial charge >= 0.3 is 0 Å². The molecule has 3 heteroatoms. The summed E-state index contributed by atoms with van der Waals surface area (Å²) in [7, 11) is 0. The Kier molecular flexibility index (Phi) is 5.32. The van der Waals surface area contributed by atoms with Crippen LogP contribution in [0.4, 0.5) is 0 Å². The lowest BCUT2D eigenvalue weighted by Gasteiger charge is -2.28. The Hall–Kier alpha value is -0.960. The molecule has 0 aliphatic carbocycles. The minimum absolute atomic E-state index is 0.548. The molecule has 3 atom stereocenters. The molecule has 1 saturated heterocycles. The van der Waals surface area contributed by atoms with E-state index in [0.29, 0.717) is 12.0 Å². The molecule has 1 aromatic rings. The predicted octanol–water partition coefficient (Wildman–Crippen LogP) is 3.90. The van der Waals surface area contributed by atoms with Crippen molar-refractivity contribution >= 4 is 16.9 Å². The van der Waals surface area contributed by atoms with Gasteiger partial charge in [0.1, 0.15) is 0 Å². The second kappa shape index (κ2) is 6.99. The highest BCUT2D eigenvalue weighted by molar-refractivity contribution is 8.13. The number of amidine groups is 1. The minimum atomic E-state index is 0.548. The van der Waals surface area contributed by atoms with Crippen molar-refractivity contribution in [3.05, 3.63) is 35.9 Å². The second-order valence-corrected chi connectivity index (χ2v) is 6.52. The summed E-state index contributed by atoms with van der Waals surface area (Å²) in [5.41, 5.74) is 1.41. The third-order valence-electron chi connectivity index (χ3n) is 3.87. The van der Waals surface area contributed by atoms with E-state index in [2.05, 4.69) is 56.4 Å². The second-order valence-electron chi connectivity index (χ2n) is 5.51. The summed E-state index contributed by atoms with van der Waals surface area (Å²) >= 11 is 1.86. The molecule has 0 amide bonds. The maximum Gasteiger partial charge on any atom is 0.156 e. The number of nitrogens with one attached hydrogen (secondary N) is 1. The molecule has 0 aromatic heterocycles. The predicted molar refractivity (Wildman–Crippen MR) is 86.0 cm³/mol. The number of hydrogen-bond acceptors (Lipinski definition) is 2. The van der Waals surface area contributed by atoms with E-state index < -0.39 is 0 Å². The van der Waals surface area contributed by atoms with Crippen LogP contribution in [0.5, 0.6) is 0 Å². The zero-order valence-corrected chi connectivity index (χ0v) is 12.9. The van der Waals surface area contributed by atoms with Gasteiger partial charge in [0.2, 0.25) is 0 Å². The Morgan fingerprint density at radius 2 is 2.05 bits per heavy atom. The van der Waals surface area contributed by atoms with Gasteiger partial charge in [0.05, 0.1) is 0 Å². The molecule has 19 heavy (non-hydrogen) atoms. The molecule has 0 bridgehead atoms. The van der Waals surface area contributed by atoms with Crippen molar-refractivity contribution in [3.63, 3.8) is 0 Å². The molecule has 1 heterocycles. The number of rotatable bonds is 4. The molecule has 0 radical (unpaired) electrons. The van der Waals surface area contributed by atoms with Crippen molar-refractivity contribution in [1.29, 1.82) is 0 Å². The van der Waals surface area contributed by atoms with Crippen LogP contribution in [-0.2, 0) is 0 Å². The first-order valence-electron chi connectivity index (χ1n) is 7.15. The van der Waals surface area contributed by atoms with Gasteiger partial charge in [-0.15, -0.1) is 0 Å². The Bertz CT molecular complexity index is 416. The SMILES string of the molecule is CC(CCN=C1NC(C)C(C)CS1)c1ccccc1. The van der Waals surface area contributed by atoms with Crippen molar-refractivity contribution < 1.29 is 0 Å². The molecule has 2 rings (SSSR count). The standard InChI is InChI=1S/C16H24N2S/c1-12(15-7-5-4-6-8-15)9-10-17-16-18-14(3)13(2)11-19-16/h4-8,12-14H,9-11H2,1-3H3,(H,17,18). The van der Waals surface area contributed by atoms with Crippen LogP contribution in [0.25, 0.3) is 0 Å². The third kappa shape index (κ3) is 4.27. The molecule has 1 N–H and O–H groups in total. The maximum atomic E-state index is 4.70. The largest absolute Gasteiger partial charge is 0.362 e. The summed E-state index contributed by atoms with van der Waals surface area (Å²) in [6.45, 7) is 7.72. The third-order valence-corrected chi connectivity index (χ3v) is 5.09. The monoisotopic (exact) mass is 276 g/mol. The molecule has 1 aliphatic heterocycles. The highest BCUT2D eigenvalue weighted by Crippen LogP contribution is 2.21. The van der Waals surface area contributed by atoms with Crippen molar-refractivity contribution in [3.8, 4) is 0 Å². The number of benzene rings is 1. The van der Waals surface area contributed by atoms with Gasteiger partial charge < -0.3 is 5.32 Å². The molecule has 1 aliphatic rings. The molecular weight excluding hydrogens is 252 g/mol. The topological polar surface area (TPSA) is 24.4 Å². The van der Waals surface area contributed by atoms with E-state index in [-0.39, 0.29) is 0 Å². The van der Waals surface area contributed by atoms with E-state index in [4.69, 9.17) is 4.99 Å². The summed E-state index contributed by atoms with van der Waals surface area (Å²) in [5.74, 6) is 2.49. The summed E-state index contributed by atoms with van der Waals surface area (Å²) in [6.07, 6.45) is 1.11. The molecular formula is C16H24N2S. The van der Waals surface area contributed by atoms with Crippen LogP contribution in [0, 0.1) is 5.92 Å². The van der Waals surface area contributed by atoms with Gasteiger partial charge in [-0.25, -0.2) is 0 Å². The number of aliphatic imine (C=N–C) groups is 1. The smallest absolute Gasteiger partial charge is 0.156 e. The molecule has 0 spiro atoms. The first-order chi connectivity index (χ1) is 9.16. The molecule has 2 nitrogen and oxygen atoms in total. The normalized spacial score (nSPS) is 27.0. The summed E-state index contributed by atoms with van der Waals surface area (Å²) in [5, 5.41) is 4.62. The van der Waals surface area contributed by atoms with E-state index in [1.807, 2.05) is 11.8 Å². The molecule has 1 aromatic carbocycles. The van der Waals surface area contributed by atoms with Crippen molar-refractivity contribution in [2.75, 3.05) is 12.3 Å². The summed E-state index contributed by atoms with van der Waals surface area (Å²) < 4.78 is 0. The minimum Gasteiger partial charge on any atom is -0.362 e. The molecule has 0 saturated carbocycles. The quantitative estimate of drug-likeness (QED) is 0.902. The number of hydrogen-bond donors (Lipinski definition) is 1. The van der Waals surface area contributed by atoms with E-state index >= 15 is 0 Å². The van der Waals surface area contributed by atoms with Crippen LogP contribution >= 0.6 is 11.8 Å². The van der Waals surface area contributed by atoms with Gasteiger partial charge in [0.25, 0.3) is 0 Å². The average molecular weight is 276 g/mol. The van der Waals surface area contributed by atoms with Gasteiger partial charge in [-0.2, -0.15) is 0 Å². The number of nitrogens with zero attached hydrogens (tertiary/aromatic N) is 1. The summed E-state index contributed by atoms with van der Waals surface area (Å²) in [6, 6.07) is 11.2. The van der Waals surface area contributed by atoms with Gasteiger partial charge in [-0.3, -0.25) is 4.99 Å². The van der Waals surface area contributed by atoms with Crippen molar-refractivity contribution in [2.45, 2.75) is 39.2 Å². The van der Waals surface area contributed by atoms with Crippen LogP contribution in [0.2, 0.25) is 0 Å². The van der Waals surface area contributed by atoms with Gasteiger partial charge in [-0.05, 0) is 30.7 Å². The van der Waals surface area contributed by atoms with Crippen molar-refractivity contribution in [1.82, 2.24) is 5.32 Å². The molecule has 104 valence electrons. The fraction of sp³-hybridized carbons (Fsp3) is 0.562. The summed E-state index contributed by atoms with van der Waals surface area (Å²) in [4.78, 5) is 4.70. The Morgan fingerprint density at radius 1 is 1.32 bits per heavy atom. The average Bonchev–Trinajstić information content (AvgIpc) is 2.43. The Morgan fingerprint density at radius 3 is 2.74 bits per heavy atom. The van der Waals surface area contributed by atoms with E-state index in [1.165, 1.54) is 11.3 Å². The fourth-order valence-electron chi connectivity index (χ4n) is 2.13. The lowest BCUT2D eigenvalue weighted by atomic mass is 9.98. The van der Waals surface area contributed by atoms with Gasteiger partial charge in [0.15, 0.2) is 5.17 Å². The Balaban J connectivity index is 1.80. The fourth-order valence-corrected chi connectivity index (χ4v) is 3.29. The Labute approximate surface area is 121 Å². The van der Waals surface area contributed by atoms with Crippen LogP contribution in [-0.4, -0.2) is 23.5 Å². The lowest BCUT2D eigenvalue weighted by Crippen LogP contribution is -2.41. The lowest BCUT2D eigenvalue weighted by molar-refractivity contribution is 0.489. The number of thioether (sulfide) groups is 1. The van der Waals surface area contributed by atoms with Crippen LogP contribution < -0.4 is 5.32 Å². The van der Waals surface area contributed by atoms with Gasteiger partial charge in [0, 0.05) is 18.3 Å². The van der Waals surface area contributed by atoms with E-state index in [9.17, 15) is 0 Å².